The topological polar surface area (TPSA) is 6.48 Å². The molecule has 69 heavy (non-hydrogen) atoms. The van der Waals surface area contributed by atoms with Crippen LogP contribution in [0.2, 0.25) is 0 Å². The van der Waals surface area contributed by atoms with Gasteiger partial charge in [-0.1, -0.05) is 194 Å². The van der Waals surface area contributed by atoms with Gasteiger partial charge < -0.3 is 9.80 Å². The van der Waals surface area contributed by atoms with Gasteiger partial charge in [-0.25, -0.2) is 0 Å². The van der Waals surface area contributed by atoms with Crippen LogP contribution in [0, 0.1) is 0 Å². The molecule has 2 nitrogen and oxygen atoms in total. The van der Waals surface area contributed by atoms with Crippen LogP contribution in [0.3, 0.4) is 0 Å². The highest BCUT2D eigenvalue weighted by atomic mass is 15.1. The Morgan fingerprint density at radius 2 is 0.609 bits per heavy atom. The van der Waals surface area contributed by atoms with E-state index in [0.29, 0.717) is 0 Å². The van der Waals surface area contributed by atoms with E-state index in [4.69, 9.17) is 0 Å². The third-order valence-electron chi connectivity index (χ3n) is 14.8. The molecule has 1 spiro atoms. The van der Waals surface area contributed by atoms with E-state index in [2.05, 4.69) is 277 Å². The quantitative estimate of drug-likeness (QED) is 0.157. The minimum Gasteiger partial charge on any atom is -0.310 e. The number of anilines is 6. The summed E-state index contributed by atoms with van der Waals surface area (Å²) >= 11 is 0. The standard InChI is InChI=1S/C67H44N2/c1-3-19-47(20-4-1)61-41-50-23-11-12-24-51(50)42-66(61)69(54-34-32-46-18-8-10-22-49(46)40-54)56-36-38-60-58-28-14-16-30-63(58)67(65(60)44-56)62-29-15-13-27-57(62)59-37-35-55(43-64(59)67)68(52-25-5-2-6-26-52)53-33-31-45-17-7-9-21-48(45)39-53/h1-44H. The number of fused-ring (bicyclic) bond motifs is 13. The van der Waals surface area contributed by atoms with Crippen molar-refractivity contribution in [3.63, 3.8) is 0 Å². The maximum absolute atomic E-state index is 2.52. The summed E-state index contributed by atoms with van der Waals surface area (Å²) in [5.41, 5.74) is 18.7. The Balaban J connectivity index is 1.04. The number of nitrogens with zero attached hydrogens (tertiary/aromatic N) is 2. The van der Waals surface area contributed by atoms with Crippen LogP contribution in [0.25, 0.3) is 65.7 Å². The molecule has 2 heteroatoms. The second-order valence-corrected chi connectivity index (χ2v) is 18.5. The lowest BCUT2D eigenvalue weighted by Gasteiger charge is -2.34. The Kier molecular flexibility index (Phi) is 8.84. The van der Waals surface area contributed by atoms with Crippen LogP contribution in [0.15, 0.2) is 267 Å². The maximum Gasteiger partial charge on any atom is 0.0727 e. The van der Waals surface area contributed by atoms with Crippen molar-refractivity contribution in [1.82, 2.24) is 0 Å². The van der Waals surface area contributed by atoms with E-state index >= 15 is 0 Å². The molecule has 2 aliphatic carbocycles. The molecule has 2 aliphatic rings. The predicted molar refractivity (Wildman–Crippen MR) is 290 cm³/mol. The molecule has 0 radical (unpaired) electrons. The number of rotatable bonds is 7. The monoisotopic (exact) mass is 876 g/mol. The van der Waals surface area contributed by atoms with Crippen LogP contribution in [0.1, 0.15) is 22.3 Å². The molecule has 1 unspecified atom stereocenters. The smallest absolute Gasteiger partial charge is 0.0727 e. The first kappa shape index (κ1) is 39.2. The van der Waals surface area contributed by atoms with Crippen molar-refractivity contribution >= 4 is 66.4 Å². The number of hydrogen-bond donors (Lipinski definition) is 0. The van der Waals surface area contributed by atoms with Gasteiger partial charge in [0.25, 0.3) is 0 Å². The van der Waals surface area contributed by atoms with Gasteiger partial charge in [0, 0.05) is 34.0 Å². The van der Waals surface area contributed by atoms with E-state index in [-0.39, 0.29) is 0 Å². The first-order valence-corrected chi connectivity index (χ1v) is 23.9. The van der Waals surface area contributed by atoms with Crippen LogP contribution >= 0.6 is 0 Å². The molecule has 0 bridgehead atoms. The van der Waals surface area contributed by atoms with Crippen molar-refractivity contribution < 1.29 is 0 Å². The molecule has 14 rings (SSSR count). The number of hydrogen-bond acceptors (Lipinski definition) is 2. The Morgan fingerprint density at radius 3 is 1.17 bits per heavy atom. The SMILES string of the molecule is c1ccc(-c2cc3ccccc3cc2N(c2ccc3c(c2)C2(c4ccccc4-c4ccc(N(c5ccccc5)c5ccc6ccccc6c5)cc42)c2ccccc2-3)c2ccc3ccccc3c2)cc1. The highest BCUT2D eigenvalue weighted by Gasteiger charge is 2.52. The maximum atomic E-state index is 2.52. The lowest BCUT2D eigenvalue weighted by atomic mass is 9.70. The molecular formula is C67H44N2. The Bertz CT molecular complexity index is 3970. The summed E-state index contributed by atoms with van der Waals surface area (Å²) in [5, 5.41) is 7.27. The minimum absolute atomic E-state index is 0.601. The summed E-state index contributed by atoms with van der Waals surface area (Å²) in [6.07, 6.45) is 0. The number of benzene rings is 12. The van der Waals surface area contributed by atoms with Crippen molar-refractivity contribution in [2.45, 2.75) is 5.41 Å². The zero-order valence-corrected chi connectivity index (χ0v) is 37.8. The third-order valence-corrected chi connectivity index (χ3v) is 14.8. The van der Waals surface area contributed by atoms with Gasteiger partial charge in [0.15, 0.2) is 0 Å². The van der Waals surface area contributed by atoms with Crippen molar-refractivity contribution in [2.24, 2.45) is 0 Å². The third kappa shape index (κ3) is 6.06. The molecule has 1 atom stereocenters. The van der Waals surface area contributed by atoms with Crippen LogP contribution in [0.5, 0.6) is 0 Å². The van der Waals surface area contributed by atoms with Gasteiger partial charge in [-0.15, -0.1) is 0 Å². The van der Waals surface area contributed by atoms with E-state index in [1.165, 1.54) is 88.0 Å². The lowest BCUT2D eigenvalue weighted by Crippen LogP contribution is -2.26. The average molecular weight is 877 g/mol. The van der Waals surface area contributed by atoms with Crippen LogP contribution in [0.4, 0.5) is 34.1 Å². The second kappa shape index (κ2) is 15.6. The molecular weight excluding hydrogens is 833 g/mol. The van der Waals surface area contributed by atoms with Crippen LogP contribution < -0.4 is 9.80 Å². The van der Waals surface area contributed by atoms with Gasteiger partial charge in [0.1, 0.15) is 0 Å². The first-order chi connectivity index (χ1) is 34.2. The Morgan fingerprint density at radius 1 is 0.217 bits per heavy atom. The van der Waals surface area contributed by atoms with Crippen LogP contribution in [-0.4, -0.2) is 0 Å². The summed E-state index contributed by atoms with van der Waals surface area (Å²) in [5.74, 6) is 0. The van der Waals surface area contributed by atoms with Gasteiger partial charge in [-0.2, -0.15) is 0 Å². The van der Waals surface area contributed by atoms with Crippen molar-refractivity contribution in [3.05, 3.63) is 289 Å². The molecule has 0 fully saturated rings. The summed E-state index contributed by atoms with van der Waals surface area (Å²) in [6, 6.07) is 99.0. The molecule has 322 valence electrons. The van der Waals surface area contributed by atoms with Gasteiger partial charge >= 0.3 is 0 Å². The molecule has 0 aliphatic heterocycles. The predicted octanol–water partition coefficient (Wildman–Crippen LogP) is 18.1. The molecule has 0 aromatic heterocycles. The molecule has 0 amide bonds. The Hall–Kier alpha value is -8.98. The molecule has 0 saturated heterocycles. The van der Waals surface area contributed by atoms with Crippen LogP contribution in [-0.2, 0) is 5.41 Å². The first-order valence-electron chi connectivity index (χ1n) is 23.9. The fourth-order valence-electron chi connectivity index (χ4n) is 11.7. The zero-order chi connectivity index (χ0) is 45.5. The average Bonchev–Trinajstić information content (AvgIpc) is 3.88. The van der Waals surface area contributed by atoms with Crippen molar-refractivity contribution in [2.75, 3.05) is 9.80 Å². The lowest BCUT2D eigenvalue weighted by molar-refractivity contribution is 0.793. The fourth-order valence-corrected chi connectivity index (χ4v) is 11.7. The fraction of sp³-hybridized carbons (Fsp3) is 0.0149. The molecule has 0 N–H and O–H groups in total. The number of para-hydroxylation sites is 1. The summed E-state index contributed by atoms with van der Waals surface area (Å²) < 4.78 is 0. The Labute approximate surface area is 402 Å². The van der Waals surface area contributed by atoms with Gasteiger partial charge in [-0.3, -0.25) is 0 Å². The summed E-state index contributed by atoms with van der Waals surface area (Å²) in [7, 11) is 0. The largest absolute Gasteiger partial charge is 0.310 e. The normalized spacial score (nSPS) is 14.1. The van der Waals surface area contributed by atoms with E-state index in [9.17, 15) is 0 Å². The highest BCUT2D eigenvalue weighted by Crippen LogP contribution is 2.64. The molecule has 12 aromatic rings. The minimum atomic E-state index is -0.601. The van der Waals surface area contributed by atoms with E-state index in [0.717, 1.165) is 34.1 Å². The van der Waals surface area contributed by atoms with E-state index < -0.39 is 5.41 Å². The van der Waals surface area contributed by atoms with Crippen molar-refractivity contribution in [3.8, 4) is 33.4 Å². The summed E-state index contributed by atoms with van der Waals surface area (Å²) in [6.45, 7) is 0. The molecule has 12 aromatic carbocycles. The second-order valence-electron chi connectivity index (χ2n) is 18.5. The molecule has 0 heterocycles. The van der Waals surface area contributed by atoms with Crippen molar-refractivity contribution in [1.29, 1.82) is 0 Å². The van der Waals surface area contributed by atoms with Gasteiger partial charge in [0.2, 0.25) is 0 Å². The zero-order valence-electron chi connectivity index (χ0n) is 37.8. The molecule has 0 saturated carbocycles. The van der Waals surface area contributed by atoms with E-state index in [1.54, 1.807) is 0 Å². The highest BCUT2D eigenvalue weighted by molar-refractivity contribution is 6.02. The summed E-state index contributed by atoms with van der Waals surface area (Å²) in [4.78, 5) is 4.93. The van der Waals surface area contributed by atoms with Gasteiger partial charge in [-0.05, 0) is 155 Å². The van der Waals surface area contributed by atoms with Gasteiger partial charge in [0.05, 0.1) is 11.1 Å². The van der Waals surface area contributed by atoms with E-state index in [1.807, 2.05) is 0 Å².